The van der Waals surface area contributed by atoms with Gasteiger partial charge in [0, 0.05) is 24.8 Å². The van der Waals surface area contributed by atoms with Crippen LogP contribution in [0.25, 0.3) is 0 Å². The SMILES string of the molecule is CO[Si](C)(C)O[Si](C)(C)CCCOC1CC(C)(C)NC(C)(C)C1. The van der Waals surface area contributed by atoms with E-state index >= 15 is 0 Å². The minimum Gasteiger partial charge on any atom is -0.436 e. The Morgan fingerprint density at radius 1 is 1.00 bits per heavy atom. The molecular formula is C17H39NO3Si2. The zero-order valence-corrected chi connectivity index (χ0v) is 18.8. The highest BCUT2D eigenvalue weighted by Gasteiger charge is 2.38. The molecule has 1 rings (SSSR count). The summed E-state index contributed by atoms with van der Waals surface area (Å²) in [5, 5.41) is 3.71. The summed E-state index contributed by atoms with van der Waals surface area (Å²) in [4.78, 5) is 0. The maximum Gasteiger partial charge on any atom is 0.321 e. The van der Waals surface area contributed by atoms with E-state index < -0.39 is 16.9 Å². The number of rotatable bonds is 8. The number of hydrogen-bond acceptors (Lipinski definition) is 4. The first-order valence-corrected chi connectivity index (χ1v) is 14.9. The van der Waals surface area contributed by atoms with Crippen molar-refractivity contribution >= 4 is 16.9 Å². The lowest BCUT2D eigenvalue weighted by molar-refractivity contribution is -0.0215. The minimum absolute atomic E-state index is 0.150. The summed E-state index contributed by atoms with van der Waals surface area (Å²) < 4.78 is 18.1. The fraction of sp³-hybridized carbons (Fsp3) is 1.00. The van der Waals surface area contributed by atoms with Gasteiger partial charge in [-0.25, -0.2) is 0 Å². The predicted octanol–water partition coefficient (Wildman–Crippen LogP) is 4.27. The molecule has 23 heavy (non-hydrogen) atoms. The molecule has 0 atom stereocenters. The fourth-order valence-corrected chi connectivity index (χ4v) is 10.9. The Balaban J connectivity index is 2.37. The number of piperidine rings is 1. The Bertz CT molecular complexity index is 368. The largest absolute Gasteiger partial charge is 0.436 e. The van der Waals surface area contributed by atoms with Crippen molar-refractivity contribution in [3.8, 4) is 0 Å². The van der Waals surface area contributed by atoms with Gasteiger partial charge in [0.25, 0.3) is 0 Å². The van der Waals surface area contributed by atoms with Gasteiger partial charge in [-0.2, -0.15) is 0 Å². The van der Waals surface area contributed by atoms with Gasteiger partial charge in [-0.15, -0.1) is 0 Å². The molecule has 1 fully saturated rings. The van der Waals surface area contributed by atoms with Gasteiger partial charge < -0.3 is 18.6 Å². The molecular weight excluding hydrogens is 322 g/mol. The van der Waals surface area contributed by atoms with E-state index in [-0.39, 0.29) is 11.1 Å². The fourth-order valence-electron chi connectivity index (χ4n) is 3.85. The first-order chi connectivity index (χ1) is 10.3. The topological polar surface area (TPSA) is 39.7 Å². The van der Waals surface area contributed by atoms with Crippen molar-refractivity contribution in [1.29, 1.82) is 0 Å². The van der Waals surface area contributed by atoms with E-state index in [0.29, 0.717) is 6.10 Å². The highest BCUT2D eigenvalue weighted by Crippen LogP contribution is 2.30. The van der Waals surface area contributed by atoms with E-state index in [0.717, 1.165) is 31.9 Å². The lowest BCUT2D eigenvalue weighted by atomic mass is 9.81. The van der Waals surface area contributed by atoms with Crippen LogP contribution in [0.15, 0.2) is 0 Å². The van der Waals surface area contributed by atoms with Crippen molar-refractivity contribution in [3.63, 3.8) is 0 Å². The van der Waals surface area contributed by atoms with E-state index in [4.69, 9.17) is 13.3 Å². The van der Waals surface area contributed by atoms with Crippen LogP contribution >= 0.6 is 0 Å². The Morgan fingerprint density at radius 3 is 2.00 bits per heavy atom. The van der Waals surface area contributed by atoms with Gasteiger partial charge in [0.05, 0.1) is 6.10 Å². The summed E-state index contributed by atoms with van der Waals surface area (Å²) in [6, 6.07) is 1.13. The Kier molecular flexibility index (Phi) is 7.10. The van der Waals surface area contributed by atoms with E-state index in [1.54, 1.807) is 7.11 Å². The molecule has 0 amide bonds. The molecule has 1 aliphatic heterocycles. The summed E-state index contributed by atoms with van der Waals surface area (Å²) >= 11 is 0. The third-order valence-electron chi connectivity index (χ3n) is 4.44. The standard InChI is InChI=1S/C17H39NO3Si2/c1-16(2)13-15(14-17(3,4)18-16)20-11-10-12-22(6,7)21-23(8,9)19-5/h15,18H,10-14H2,1-9H3. The molecule has 1 saturated heterocycles. The first kappa shape index (κ1) is 21.3. The maximum absolute atomic E-state index is 6.32. The third kappa shape index (κ3) is 8.27. The van der Waals surface area contributed by atoms with Crippen LogP contribution in [0.2, 0.25) is 32.2 Å². The molecule has 0 spiro atoms. The highest BCUT2D eigenvalue weighted by molar-refractivity contribution is 6.82. The molecule has 1 aliphatic rings. The van der Waals surface area contributed by atoms with Crippen molar-refractivity contribution in [3.05, 3.63) is 0 Å². The number of ether oxygens (including phenoxy) is 1. The van der Waals surface area contributed by atoms with Crippen LogP contribution in [-0.4, -0.2) is 47.8 Å². The zero-order chi connectivity index (χ0) is 17.9. The molecule has 0 saturated carbocycles. The van der Waals surface area contributed by atoms with Gasteiger partial charge in [0.15, 0.2) is 8.32 Å². The second-order valence-corrected chi connectivity index (χ2v) is 17.4. The Morgan fingerprint density at radius 2 is 1.52 bits per heavy atom. The molecule has 0 bridgehead atoms. The molecule has 0 aromatic heterocycles. The molecule has 1 heterocycles. The quantitative estimate of drug-likeness (QED) is 0.517. The summed E-state index contributed by atoms with van der Waals surface area (Å²) in [6.45, 7) is 18.7. The monoisotopic (exact) mass is 361 g/mol. The number of hydrogen-bond donors (Lipinski definition) is 1. The van der Waals surface area contributed by atoms with Crippen LogP contribution in [0.3, 0.4) is 0 Å². The van der Waals surface area contributed by atoms with Gasteiger partial charge in [-0.1, -0.05) is 0 Å². The Labute approximate surface area is 146 Å². The molecule has 1 N–H and O–H groups in total. The van der Waals surface area contributed by atoms with Crippen molar-refractivity contribution in [1.82, 2.24) is 5.32 Å². The highest BCUT2D eigenvalue weighted by atomic mass is 28.4. The first-order valence-electron chi connectivity index (χ1n) is 8.92. The number of nitrogens with one attached hydrogen (secondary N) is 1. The van der Waals surface area contributed by atoms with Crippen molar-refractivity contribution in [2.75, 3.05) is 13.7 Å². The molecule has 0 aromatic carbocycles. The lowest BCUT2D eigenvalue weighted by Gasteiger charge is -2.46. The van der Waals surface area contributed by atoms with Gasteiger partial charge in [0.2, 0.25) is 0 Å². The zero-order valence-electron chi connectivity index (χ0n) is 16.8. The van der Waals surface area contributed by atoms with Crippen molar-refractivity contribution in [2.45, 2.75) is 96.4 Å². The van der Waals surface area contributed by atoms with Gasteiger partial charge in [-0.3, -0.25) is 0 Å². The average Bonchev–Trinajstić information content (AvgIpc) is 2.29. The van der Waals surface area contributed by atoms with E-state index in [9.17, 15) is 0 Å². The minimum atomic E-state index is -1.93. The second-order valence-electron chi connectivity index (χ2n) is 9.36. The Hall–Kier alpha value is 0.274. The van der Waals surface area contributed by atoms with Crippen LogP contribution in [0.5, 0.6) is 0 Å². The van der Waals surface area contributed by atoms with Crippen LogP contribution < -0.4 is 5.32 Å². The molecule has 0 aromatic rings. The van der Waals surface area contributed by atoms with E-state index in [1.807, 2.05) is 0 Å². The summed E-state index contributed by atoms with van der Waals surface area (Å²) in [6.07, 6.45) is 3.60. The maximum atomic E-state index is 6.32. The predicted molar refractivity (Wildman–Crippen MR) is 103 cm³/mol. The van der Waals surface area contributed by atoms with Crippen LogP contribution in [0, 0.1) is 0 Å². The molecule has 0 aliphatic carbocycles. The smallest absolute Gasteiger partial charge is 0.321 e. The molecule has 6 heteroatoms. The summed E-state index contributed by atoms with van der Waals surface area (Å²) in [5.74, 6) is 0. The normalized spacial score (nSPS) is 22.3. The van der Waals surface area contributed by atoms with Gasteiger partial charge in [-0.05, 0) is 79.2 Å². The summed E-state index contributed by atoms with van der Waals surface area (Å²) in [5.41, 5.74) is 0.301. The lowest BCUT2D eigenvalue weighted by Crippen LogP contribution is -2.59. The van der Waals surface area contributed by atoms with E-state index in [1.165, 1.54) is 0 Å². The van der Waals surface area contributed by atoms with E-state index in [2.05, 4.69) is 59.2 Å². The average molecular weight is 362 g/mol. The van der Waals surface area contributed by atoms with Gasteiger partial charge >= 0.3 is 8.56 Å². The van der Waals surface area contributed by atoms with Crippen molar-refractivity contribution in [2.24, 2.45) is 0 Å². The second kappa shape index (κ2) is 7.66. The third-order valence-corrected chi connectivity index (χ3v) is 11.2. The molecule has 0 unspecified atom stereocenters. The molecule has 4 nitrogen and oxygen atoms in total. The molecule has 0 radical (unpaired) electrons. The van der Waals surface area contributed by atoms with Crippen LogP contribution in [0.4, 0.5) is 0 Å². The molecule has 138 valence electrons. The van der Waals surface area contributed by atoms with Crippen LogP contribution in [-0.2, 0) is 13.3 Å². The van der Waals surface area contributed by atoms with Gasteiger partial charge in [0.1, 0.15) is 0 Å². The summed E-state index contributed by atoms with van der Waals surface area (Å²) in [7, 11) is -1.83. The van der Waals surface area contributed by atoms with Crippen LogP contribution in [0.1, 0.15) is 47.0 Å². The van der Waals surface area contributed by atoms with Crippen molar-refractivity contribution < 1.29 is 13.3 Å².